The molecule has 150 valence electrons. The van der Waals surface area contributed by atoms with E-state index in [-0.39, 0.29) is 5.91 Å². The van der Waals surface area contributed by atoms with Crippen molar-refractivity contribution in [1.29, 1.82) is 0 Å². The van der Waals surface area contributed by atoms with E-state index in [0.717, 1.165) is 32.0 Å². The minimum absolute atomic E-state index is 0.109. The van der Waals surface area contributed by atoms with Crippen molar-refractivity contribution in [2.24, 2.45) is 5.10 Å². The van der Waals surface area contributed by atoms with Crippen molar-refractivity contribution < 1.29 is 4.79 Å². The molecule has 2 aromatic carbocycles. The van der Waals surface area contributed by atoms with E-state index in [2.05, 4.69) is 50.1 Å². The van der Waals surface area contributed by atoms with Crippen molar-refractivity contribution in [3.05, 3.63) is 81.0 Å². The molecule has 3 rings (SSSR count). The van der Waals surface area contributed by atoms with Crippen LogP contribution < -0.4 is 5.43 Å². The number of aromatic nitrogens is 1. The molecule has 3 aromatic rings. The Morgan fingerprint density at radius 2 is 1.93 bits per heavy atom. The van der Waals surface area contributed by atoms with E-state index in [9.17, 15) is 4.79 Å². The van der Waals surface area contributed by atoms with Crippen LogP contribution >= 0.6 is 39.3 Å². The fourth-order valence-corrected chi connectivity index (χ4v) is 4.38. The second-order valence-corrected chi connectivity index (χ2v) is 8.92. The molecule has 0 aliphatic carbocycles. The van der Waals surface area contributed by atoms with Gasteiger partial charge >= 0.3 is 0 Å². The van der Waals surface area contributed by atoms with E-state index in [4.69, 9.17) is 11.6 Å². The van der Waals surface area contributed by atoms with Crippen LogP contribution in [0.2, 0.25) is 5.02 Å². The van der Waals surface area contributed by atoms with Crippen LogP contribution in [0.25, 0.3) is 5.69 Å². The number of benzene rings is 2. The highest BCUT2D eigenvalue weighted by molar-refractivity contribution is 9.10. The topological polar surface area (TPSA) is 46.4 Å². The van der Waals surface area contributed by atoms with Gasteiger partial charge in [0.2, 0.25) is 5.91 Å². The molecule has 0 radical (unpaired) electrons. The van der Waals surface area contributed by atoms with Crippen molar-refractivity contribution in [3.63, 3.8) is 0 Å². The zero-order valence-corrected chi connectivity index (χ0v) is 19.3. The molecule has 0 bridgehead atoms. The summed E-state index contributed by atoms with van der Waals surface area (Å²) in [4.78, 5) is 13.1. The Hall–Kier alpha value is -2.02. The lowest BCUT2D eigenvalue weighted by molar-refractivity contribution is -0.120. The van der Waals surface area contributed by atoms with Crippen molar-refractivity contribution in [3.8, 4) is 5.69 Å². The van der Waals surface area contributed by atoms with Gasteiger partial charge < -0.3 is 4.57 Å². The number of para-hydroxylation sites is 1. The Balaban J connectivity index is 1.56. The summed E-state index contributed by atoms with van der Waals surface area (Å²) >= 11 is 11.1. The molecule has 0 saturated carbocycles. The summed E-state index contributed by atoms with van der Waals surface area (Å²) in [5.74, 6) is 0.571. The molecule has 0 fully saturated rings. The van der Waals surface area contributed by atoms with E-state index in [1.807, 2.05) is 49.4 Å². The number of hydrogen-bond donors (Lipinski definition) is 1. The molecule has 0 unspecified atom stereocenters. The number of halogens is 2. The summed E-state index contributed by atoms with van der Waals surface area (Å²) in [7, 11) is 0. The van der Waals surface area contributed by atoms with Crippen LogP contribution in [0.15, 0.2) is 69.1 Å². The van der Waals surface area contributed by atoms with Gasteiger partial charge in [-0.1, -0.05) is 23.7 Å². The molecule has 1 heterocycles. The van der Waals surface area contributed by atoms with Crippen LogP contribution in [0, 0.1) is 13.8 Å². The maximum atomic E-state index is 12.0. The minimum atomic E-state index is -0.109. The van der Waals surface area contributed by atoms with Crippen LogP contribution in [0.3, 0.4) is 0 Å². The number of carbonyl (C=O) groups is 1. The predicted molar refractivity (Wildman–Crippen MR) is 125 cm³/mol. The lowest BCUT2D eigenvalue weighted by Gasteiger charge is -2.11. The molecule has 1 amide bonds. The zero-order valence-electron chi connectivity index (χ0n) is 16.2. The van der Waals surface area contributed by atoms with E-state index < -0.39 is 0 Å². The Kier molecular flexibility index (Phi) is 7.58. The second-order valence-electron chi connectivity index (χ2n) is 6.46. The number of thioether (sulfide) groups is 1. The smallest absolute Gasteiger partial charge is 0.240 e. The van der Waals surface area contributed by atoms with Gasteiger partial charge in [0.1, 0.15) is 0 Å². The van der Waals surface area contributed by atoms with Crippen molar-refractivity contribution in [2.75, 3.05) is 5.75 Å². The first-order valence-corrected chi connectivity index (χ1v) is 11.3. The fourth-order valence-electron chi connectivity index (χ4n) is 2.94. The van der Waals surface area contributed by atoms with Gasteiger partial charge in [0, 0.05) is 43.5 Å². The van der Waals surface area contributed by atoms with Crippen molar-refractivity contribution >= 4 is 51.4 Å². The SMILES string of the molecule is Cc1cc(/C=N\NC(=O)CCSc2ccc(Cl)cc2)c(C)n1-c1ccccc1Br. The number of amides is 1. The van der Waals surface area contributed by atoms with Gasteiger partial charge in [0.05, 0.1) is 11.9 Å². The van der Waals surface area contributed by atoms with E-state index in [1.165, 1.54) is 0 Å². The quantitative estimate of drug-likeness (QED) is 0.245. The third-order valence-electron chi connectivity index (χ3n) is 4.37. The van der Waals surface area contributed by atoms with Gasteiger partial charge in [-0.2, -0.15) is 5.10 Å². The van der Waals surface area contributed by atoms with E-state index >= 15 is 0 Å². The molecule has 0 aliphatic heterocycles. The molecule has 0 atom stereocenters. The molecular formula is C22H21BrClN3OS. The maximum Gasteiger partial charge on any atom is 0.240 e. The number of carbonyl (C=O) groups excluding carboxylic acids is 1. The lowest BCUT2D eigenvalue weighted by atomic mass is 10.2. The summed E-state index contributed by atoms with van der Waals surface area (Å²) in [5.41, 5.74) is 6.81. The van der Waals surface area contributed by atoms with E-state index in [0.29, 0.717) is 17.2 Å². The van der Waals surface area contributed by atoms with Crippen molar-refractivity contribution in [1.82, 2.24) is 9.99 Å². The fraction of sp³-hybridized carbons (Fsp3) is 0.182. The Morgan fingerprint density at radius 3 is 2.66 bits per heavy atom. The van der Waals surface area contributed by atoms with Crippen LogP contribution in [0.4, 0.5) is 0 Å². The number of hydrazone groups is 1. The first kappa shape index (κ1) is 21.7. The van der Waals surface area contributed by atoms with Crippen LogP contribution in [-0.2, 0) is 4.79 Å². The highest BCUT2D eigenvalue weighted by Gasteiger charge is 2.11. The molecule has 0 spiro atoms. The van der Waals surface area contributed by atoms with Gasteiger partial charge in [0.15, 0.2) is 0 Å². The average molecular weight is 491 g/mol. The Labute approximate surface area is 188 Å². The highest BCUT2D eigenvalue weighted by atomic mass is 79.9. The molecule has 0 aliphatic rings. The van der Waals surface area contributed by atoms with Gasteiger partial charge in [-0.15, -0.1) is 11.8 Å². The molecule has 29 heavy (non-hydrogen) atoms. The summed E-state index contributed by atoms with van der Waals surface area (Å²) < 4.78 is 3.19. The zero-order chi connectivity index (χ0) is 20.8. The molecular weight excluding hydrogens is 470 g/mol. The first-order valence-electron chi connectivity index (χ1n) is 9.10. The minimum Gasteiger partial charge on any atom is -0.317 e. The summed E-state index contributed by atoms with van der Waals surface area (Å²) in [6, 6.07) is 17.7. The number of aryl methyl sites for hydroxylation is 1. The number of rotatable bonds is 7. The standard InChI is InChI=1S/C22H21BrClN3OS/c1-15-13-17(16(2)27(15)21-6-4-3-5-20(21)23)14-25-26-22(28)11-12-29-19-9-7-18(24)8-10-19/h3-10,13-14H,11-12H2,1-2H3,(H,26,28)/b25-14-. The largest absolute Gasteiger partial charge is 0.317 e. The highest BCUT2D eigenvalue weighted by Crippen LogP contribution is 2.26. The van der Waals surface area contributed by atoms with Gasteiger partial charge in [-0.3, -0.25) is 4.79 Å². The van der Waals surface area contributed by atoms with Gasteiger partial charge in [0.25, 0.3) is 0 Å². The van der Waals surface area contributed by atoms with Gasteiger partial charge in [-0.05, 0) is 72.2 Å². The Bertz CT molecular complexity index is 1030. The monoisotopic (exact) mass is 489 g/mol. The van der Waals surface area contributed by atoms with Gasteiger partial charge in [-0.25, -0.2) is 5.43 Å². The Morgan fingerprint density at radius 1 is 1.21 bits per heavy atom. The molecule has 7 heteroatoms. The third kappa shape index (κ3) is 5.75. The molecule has 1 N–H and O–H groups in total. The molecule has 4 nitrogen and oxygen atoms in total. The predicted octanol–water partition coefficient (Wildman–Crippen LogP) is 6.14. The molecule has 1 aromatic heterocycles. The lowest BCUT2D eigenvalue weighted by Crippen LogP contribution is -2.17. The third-order valence-corrected chi connectivity index (χ3v) is 6.30. The second kappa shape index (κ2) is 10.1. The summed E-state index contributed by atoms with van der Waals surface area (Å²) in [5, 5.41) is 4.84. The van der Waals surface area contributed by atoms with Crippen LogP contribution in [0.5, 0.6) is 0 Å². The number of nitrogens with one attached hydrogen (secondary N) is 1. The average Bonchev–Trinajstić information content (AvgIpc) is 2.97. The number of hydrogen-bond acceptors (Lipinski definition) is 3. The first-order chi connectivity index (χ1) is 14.0. The van der Waals surface area contributed by atoms with Crippen LogP contribution in [0.1, 0.15) is 23.4 Å². The summed E-state index contributed by atoms with van der Waals surface area (Å²) in [6.45, 7) is 4.09. The molecule has 0 saturated heterocycles. The van der Waals surface area contributed by atoms with E-state index in [1.54, 1.807) is 18.0 Å². The van der Waals surface area contributed by atoms with Crippen LogP contribution in [-0.4, -0.2) is 22.4 Å². The normalized spacial score (nSPS) is 11.2. The maximum absolute atomic E-state index is 12.0. The number of nitrogens with zero attached hydrogens (tertiary/aromatic N) is 2. The van der Waals surface area contributed by atoms with Crippen molar-refractivity contribution in [2.45, 2.75) is 25.2 Å². The summed E-state index contributed by atoms with van der Waals surface area (Å²) in [6.07, 6.45) is 2.08.